The molecule has 1 aromatic rings. The van der Waals surface area contributed by atoms with Gasteiger partial charge in [0.05, 0.1) is 18.1 Å². The first-order valence-electron chi connectivity index (χ1n) is 6.35. The number of benzene rings is 1. The summed E-state index contributed by atoms with van der Waals surface area (Å²) in [5.74, 6) is -1.81. The second-order valence-corrected chi connectivity index (χ2v) is 4.15. The molecule has 1 amide bonds. The molecule has 9 nitrogen and oxygen atoms in total. The molecule has 0 radical (unpaired) electrons. The minimum absolute atomic E-state index is 0.0235. The minimum Gasteiger partial charge on any atom is -0.487 e. The molecule has 0 heterocycles. The summed E-state index contributed by atoms with van der Waals surface area (Å²) in [6, 6.07) is 3.75. The maximum atomic E-state index is 11.9. The molecule has 1 unspecified atom stereocenters. The highest BCUT2D eigenvalue weighted by Gasteiger charge is 2.21. The number of carboxylic acids is 1. The van der Waals surface area contributed by atoms with Crippen molar-refractivity contribution in [2.24, 2.45) is 0 Å². The highest BCUT2D eigenvalue weighted by Crippen LogP contribution is 2.27. The first-order chi connectivity index (χ1) is 10.4. The summed E-state index contributed by atoms with van der Waals surface area (Å²) in [4.78, 5) is 33.0. The van der Waals surface area contributed by atoms with Gasteiger partial charge in [-0.2, -0.15) is 0 Å². The third-order valence-electron chi connectivity index (χ3n) is 2.73. The summed E-state index contributed by atoms with van der Waals surface area (Å²) >= 11 is 0. The van der Waals surface area contributed by atoms with Crippen molar-refractivity contribution in [3.05, 3.63) is 33.9 Å². The number of carbonyl (C=O) groups excluding carboxylic acids is 1. The number of ether oxygens (including phenoxy) is 2. The molecule has 1 rings (SSSR count). The van der Waals surface area contributed by atoms with E-state index in [0.29, 0.717) is 0 Å². The molecule has 1 atom stereocenters. The largest absolute Gasteiger partial charge is 0.487 e. The fourth-order valence-corrected chi connectivity index (χ4v) is 1.64. The molecule has 22 heavy (non-hydrogen) atoms. The number of amides is 1. The van der Waals surface area contributed by atoms with E-state index in [1.54, 1.807) is 6.92 Å². The first kappa shape index (κ1) is 17.4. The van der Waals surface area contributed by atoms with Crippen molar-refractivity contribution in [1.29, 1.82) is 0 Å². The zero-order valence-electron chi connectivity index (χ0n) is 12.1. The van der Waals surface area contributed by atoms with Crippen LogP contribution in [0.5, 0.6) is 5.75 Å². The Balaban J connectivity index is 2.88. The van der Waals surface area contributed by atoms with E-state index in [2.05, 4.69) is 10.1 Å². The number of hydrogen-bond acceptors (Lipinski definition) is 6. The molecular weight excluding hydrogens is 296 g/mol. The number of nitrogens with zero attached hydrogens (tertiary/aromatic N) is 1. The van der Waals surface area contributed by atoms with Crippen LogP contribution in [-0.4, -0.2) is 48.3 Å². The first-order valence-corrected chi connectivity index (χ1v) is 6.35. The summed E-state index contributed by atoms with van der Waals surface area (Å²) in [5.41, 5.74) is -0.313. The predicted octanol–water partition coefficient (Wildman–Crippen LogP) is 0.823. The molecule has 2 N–H and O–H groups in total. The molecule has 0 spiro atoms. The van der Waals surface area contributed by atoms with Gasteiger partial charge in [0.25, 0.3) is 5.91 Å². The average molecular weight is 312 g/mol. The van der Waals surface area contributed by atoms with Gasteiger partial charge in [-0.1, -0.05) is 0 Å². The summed E-state index contributed by atoms with van der Waals surface area (Å²) in [6.45, 7) is 1.67. The van der Waals surface area contributed by atoms with Crippen molar-refractivity contribution in [3.8, 4) is 5.75 Å². The van der Waals surface area contributed by atoms with E-state index in [0.717, 1.165) is 6.07 Å². The Bertz CT molecular complexity index is 574. The van der Waals surface area contributed by atoms with Crippen molar-refractivity contribution in [3.63, 3.8) is 0 Å². The van der Waals surface area contributed by atoms with E-state index in [4.69, 9.17) is 9.84 Å². The molecule has 0 saturated heterocycles. The van der Waals surface area contributed by atoms with Gasteiger partial charge in [-0.3, -0.25) is 14.9 Å². The lowest BCUT2D eigenvalue weighted by Gasteiger charge is -2.12. The van der Waals surface area contributed by atoms with Gasteiger partial charge in [-0.05, 0) is 19.1 Å². The Labute approximate surface area is 126 Å². The summed E-state index contributed by atoms with van der Waals surface area (Å²) in [5, 5.41) is 22.1. The lowest BCUT2D eigenvalue weighted by Crippen LogP contribution is -2.37. The van der Waals surface area contributed by atoms with Crippen LogP contribution in [0.4, 0.5) is 5.69 Å². The summed E-state index contributed by atoms with van der Waals surface area (Å²) in [7, 11) is 1.20. The second kappa shape index (κ2) is 7.93. The number of aliphatic carboxylic acids is 1. The van der Waals surface area contributed by atoms with E-state index in [1.165, 1.54) is 19.2 Å². The molecule has 1 aromatic carbocycles. The van der Waals surface area contributed by atoms with Gasteiger partial charge in [0.2, 0.25) is 0 Å². The maximum absolute atomic E-state index is 11.9. The molecule has 9 heteroatoms. The number of rotatable bonds is 8. The van der Waals surface area contributed by atoms with Crippen molar-refractivity contribution >= 4 is 17.6 Å². The lowest BCUT2D eigenvalue weighted by molar-refractivity contribution is -0.385. The number of carbonyl (C=O) groups is 2. The Morgan fingerprint density at radius 3 is 2.64 bits per heavy atom. The number of nitro groups is 1. The quantitative estimate of drug-likeness (QED) is 0.537. The topological polar surface area (TPSA) is 128 Å². The monoisotopic (exact) mass is 312 g/mol. The predicted molar refractivity (Wildman–Crippen MR) is 75.0 cm³/mol. The standard InChI is InChI=1S/C13H16N2O7/c1-3-22-10-5-4-8(6-9(10)15(19)20)12(16)14-7-11(21-2)13(17)18/h4-6,11H,3,7H2,1-2H3,(H,14,16)(H,17,18). The summed E-state index contributed by atoms with van der Waals surface area (Å²) in [6.07, 6.45) is -1.19. The average Bonchev–Trinajstić information content (AvgIpc) is 2.47. The van der Waals surface area contributed by atoms with Crippen LogP contribution in [0, 0.1) is 10.1 Å². The van der Waals surface area contributed by atoms with Crippen molar-refractivity contribution in [1.82, 2.24) is 5.32 Å². The normalized spacial score (nSPS) is 11.5. The number of hydrogen-bond donors (Lipinski definition) is 2. The Morgan fingerprint density at radius 2 is 2.14 bits per heavy atom. The van der Waals surface area contributed by atoms with Crippen LogP contribution < -0.4 is 10.1 Å². The van der Waals surface area contributed by atoms with Crippen LogP contribution in [0.1, 0.15) is 17.3 Å². The van der Waals surface area contributed by atoms with Gasteiger partial charge >= 0.3 is 11.7 Å². The Kier molecular flexibility index (Phi) is 6.26. The zero-order chi connectivity index (χ0) is 16.7. The molecule has 0 bridgehead atoms. The third kappa shape index (κ3) is 4.42. The smallest absolute Gasteiger partial charge is 0.334 e. The fourth-order valence-electron chi connectivity index (χ4n) is 1.64. The molecule has 0 aromatic heterocycles. The Morgan fingerprint density at radius 1 is 1.45 bits per heavy atom. The Hall–Kier alpha value is -2.68. The third-order valence-corrected chi connectivity index (χ3v) is 2.73. The number of methoxy groups -OCH3 is 1. The highest BCUT2D eigenvalue weighted by atomic mass is 16.6. The molecule has 0 fully saturated rings. The minimum atomic E-state index is -1.22. The molecule has 0 aliphatic carbocycles. The summed E-state index contributed by atoms with van der Waals surface area (Å²) < 4.78 is 9.78. The van der Waals surface area contributed by atoms with Gasteiger partial charge < -0.3 is 19.9 Å². The zero-order valence-corrected chi connectivity index (χ0v) is 12.1. The molecule has 120 valence electrons. The van der Waals surface area contributed by atoms with Crippen LogP contribution >= 0.6 is 0 Å². The van der Waals surface area contributed by atoms with E-state index in [-0.39, 0.29) is 30.2 Å². The van der Waals surface area contributed by atoms with E-state index >= 15 is 0 Å². The van der Waals surface area contributed by atoms with Gasteiger partial charge in [-0.15, -0.1) is 0 Å². The number of nitro benzene ring substituents is 1. The molecule has 0 aliphatic heterocycles. The van der Waals surface area contributed by atoms with Crippen LogP contribution in [0.2, 0.25) is 0 Å². The molecule has 0 saturated carbocycles. The SMILES string of the molecule is CCOc1ccc(C(=O)NCC(OC)C(=O)O)cc1[N+](=O)[O-]. The van der Waals surface area contributed by atoms with Crippen LogP contribution in [0.25, 0.3) is 0 Å². The van der Waals surface area contributed by atoms with Crippen LogP contribution in [-0.2, 0) is 9.53 Å². The van der Waals surface area contributed by atoms with Crippen molar-refractivity contribution < 1.29 is 29.1 Å². The number of nitrogens with one attached hydrogen (secondary N) is 1. The van der Waals surface area contributed by atoms with Crippen LogP contribution in [0.3, 0.4) is 0 Å². The van der Waals surface area contributed by atoms with Gasteiger partial charge in [0.15, 0.2) is 11.9 Å². The van der Waals surface area contributed by atoms with E-state index in [9.17, 15) is 19.7 Å². The van der Waals surface area contributed by atoms with Gasteiger partial charge in [0, 0.05) is 18.7 Å². The van der Waals surface area contributed by atoms with E-state index < -0.39 is 22.9 Å². The van der Waals surface area contributed by atoms with Gasteiger partial charge in [-0.25, -0.2) is 4.79 Å². The van der Waals surface area contributed by atoms with E-state index in [1.807, 2.05) is 0 Å². The fraction of sp³-hybridized carbons (Fsp3) is 0.385. The highest BCUT2D eigenvalue weighted by molar-refractivity contribution is 5.95. The van der Waals surface area contributed by atoms with Crippen molar-refractivity contribution in [2.75, 3.05) is 20.3 Å². The van der Waals surface area contributed by atoms with Crippen molar-refractivity contribution in [2.45, 2.75) is 13.0 Å². The maximum Gasteiger partial charge on any atom is 0.334 e. The second-order valence-electron chi connectivity index (χ2n) is 4.15. The molecule has 0 aliphatic rings. The number of carboxylic acid groups (broad SMARTS) is 1. The molecular formula is C13H16N2O7. The lowest BCUT2D eigenvalue weighted by atomic mass is 10.1. The van der Waals surface area contributed by atoms with Gasteiger partial charge in [0.1, 0.15) is 0 Å². The van der Waals surface area contributed by atoms with Crippen LogP contribution in [0.15, 0.2) is 18.2 Å².